The first-order valence-electron chi connectivity index (χ1n) is 6.39. The standard InChI is InChI=1S/C14H16N4/c1-2-15-13-8-7-12(17-18-13)11-6-5-10-4-3-9-16-14(10)11/h3-4,7-9,11H,2,5-6H2,1H3,(H,15,18). The normalized spacial score (nSPS) is 17.5. The fourth-order valence-corrected chi connectivity index (χ4v) is 2.50. The summed E-state index contributed by atoms with van der Waals surface area (Å²) in [5, 5.41) is 11.7. The molecule has 4 nitrogen and oxygen atoms in total. The summed E-state index contributed by atoms with van der Waals surface area (Å²) in [5.41, 5.74) is 3.54. The summed E-state index contributed by atoms with van der Waals surface area (Å²) in [4.78, 5) is 4.49. The lowest BCUT2D eigenvalue weighted by Gasteiger charge is -2.09. The molecule has 3 rings (SSSR count). The third-order valence-electron chi connectivity index (χ3n) is 3.36. The van der Waals surface area contributed by atoms with Crippen molar-refractivity contribution in [2.75, 3.05) is 11.9 Å². The summed E-state index contributed by atoms with van der Waals surface area (Å²) in [7, 11) is 0. The second kappa shape index (κ2) is 4.72. The number of fused-ring (bicyclic) bond motifs is 1. The highest BCUT2D eigenvalue weighted by atomic mass is 15.2. The Morgan fingerprint density at radius 2 is 2.22 bits per heavy atom. The van der Waals surface area contributed by atoms with Crippen molar-refractivity contribution in [3.8, 4) is 0 Å². The van der Waals surface area contributed by atoms with Crippen LogP contribution in [0.15, 0.2) is 30.5 Å². The van der Waals surface area contributed by atoms with Crippen LogP contribution in [-0.2, 0) is 6.42 Å². The van der Waals surface area contributed by atoms with Crippen molar-refractivity contribution in [2.45, 2.75) is 25.7 Å². The van der Waals surface area contributed by atoms with Gasteiger partial charge in [0, 0.05) is 18.7 Å². The fraction of sp³-hybridized carbons (Fsp3) is 0.357. The van der Waals surface area contributed by atoms with Crippen LogP contribution >= 0.6 is 0 Å². The average molecular weight is 240 g/mol. The molecule has 1 aliphatic rings. The first kappa shape index (κ1) is 11.1. The zero-order valence-electron chi connectivity index (χ0n) is 10.4. The summed E-state index contributed by atoms with van der Waals surface area (Å²) in [6, 6.07) is 8.20. The fourth-order valence-electron chi connectivity index (χ4n) is 2.50. The molecule has 1 N–H and O–H groups in total. The van der Waals surface area contributed by atoms with Gasteiger partial charge in [0.05, 0.1) is 11.4 Å². The minimum absolute atomic E-state index is 0.310. The number of rotatable bonds is 3. The molecule has 1 aliphatic carbocycles. The Hall–Kier alpha value is -1.97. The first-order chi connectivity index (χ1) is 8.88. The monoisotopic (exact) mass is 240 g/mol. The Balaban J connectivity index is 1.88. The van der Waals surface area contributed by atoms with Crippen LogP contribution < -0.4 is 5.32 Å². The molecular formula is C14H16N4. The molecule has 18 heavy (non-hydrogen) atoms. The van der Waals surface area contributed by atoms with E-state index in [1.165, 1.54) is 11.3 Å². The van der Waals surface area contributed by atoms with Gasteiger partial charge < -0.3 is 5.32 Å². The molecule has 1 atom stereocenters. The number of aryl methyl sites for hydroxylation is 1. The van der Waals surface area contributed by atoms with Crippen LogP contribution in [0.5, 0.6) is 0 Å². The quantitative estimate of drug-likeness (QED) is 0.895. The molecule has 0 fully saturated rings. The molecule has 0 spiro atoms. The molecule has 1 unspecified atom stereocenters. The highest BCUT2D eigenvalue weighted by Gasteiger charge is 2.26. The molecule has 0 radical (unpaired) electrons. The van der Waals surface area contributed by atoms with Crippen LogP contribution in [0.4, 0.5) is 5.82 Å². The summed E-state index contributed by atoms with van der Waals surface area (Å²) in [5.74, 6) is 1.14. The van der Waals surface area contributed by atoms with Crippen LogP contribution in [0, 0.1) is 0 Å². The molecule has 0 aromatic carbocycles. The zero-order valence-corrected chi connectivity index (χ0v) is 10.4. The molecule has 2 heterocycles. The van der Waals surface area contributed by atoms with Gasteiger partial charge >= 0.3 is 0 Å². The number of nitrogens with zero attached hydrogens (tertiary/aromatic N) is 3. The van der Waals surface area contributed by atoms with Gasteiger partial charge in [-0.25, -0.2) is 0 Å². The minimum atomic E-state index is 0.310. The van der Waals surface area contributed by atoms with Gasteiger partial charge in [-0.2, -0.15) is 5.10 Å². The smallest absolute Gasteiger partial charge is 0.148 e. The van der Waals surface area contributed by atoms with E-state index in [1.54, 1.807) is 0 Å². The second-order valence-corrected chi connectivity index (χ2v) is 4.51. The van der Waals surface area contributed by atoms with Crippen molar-refractivity contribution in [3.63, 3.8) is 0 Å². The van der Waals surface area contributed by atoms with E-state index >= 15 is 0 Å². The number of pyridine rings is 1. The molecule has 0 saturated heterocycles. The van der Waals surface area contributed by atoms with Crippen LogP contribution in [-0.4, -0.2) is 21.7 Å². The number of anilines is 1. The van der Waals surface area contributed by atoms with Gasteiger partial charge in [-0.1, -0.05) is 6.07 Å². The largest absolute Gasteiger partial charge is 0.369 e. The van der Waals surface area contributed by atoms with Crippen LogP contribution in [0.3, 0.4) is 0 Å². The predicted molar refractivity (Wildman–Crippen MR) is 70.6 cm³/mol. The van der Waals surface area contributed by atoms with Crippen molar-refractivity contribution in [1.82, 2.24) is 15.2 Å². The maximum Gasteiger partial charge on any atom is 0.148 e. The Bertz CT molecular complexity index is 536. The van der Waals surface area contributed by atoms with Gasteiger partial charge in [-0.15, -0.1) is 5.10 Å². The lowest BCUT2D eigenvalue weighted by atomic mass is 10.0. The Morgan fingerprint density at radius 1 is 1.28 bits per heavy atom. The van der Waals surface area contributed by atoms with E-state index in [0.717, 1.165) is 30.9 Å². The zero-order chi connectivity index (χ0) is 12.4. The van der Waals surface area contributed by atoms with Gasteiger partial charge in [0.1, 0.15) is 5.82 Å². The Morgan fingerprint density at radius 3 is 3.00 bits per heavy atom. The molecule has 4 heteroatoms. The highest BCUT2D eigenvalue weighted by Crippen LogP contribution is 2.35. The molecule has 2 aromatic rings. The van der Waals surface area contributed by atoms with Crippen molar-refractivity contribution in [3.05, 3.63) is 47.4 Å². The summed E-state index contributed by atoms with van der Waals surface area (Å²) < 4.78 is 0. The van der Waals surface area contributed by atoms with Crippen molar-refractivity contribution < 1.29 is 0 Å². The van der Waals surface area contributed by atoms with Gasteiger partial charge in [0.2, 0.25) is 0 Å². The van der Waals surface area contributed by atoms with Gasteiger partial charge in [-0.3, -0.25) is 4.98 Å². The Kier molecular flexibility index (Phi) is 2.92. The molecule has 92 valence electrons. The number of hydrogen-bond acceptors (Lipinski definition) is 4. The molecule has 2 aromatic heterocycles. The van der Waals surface area contributed by atoms with Gasteiger partial charge in [0.25, 0.3) is 0 Å². The number of hydrogen-bond donors (Lipinski definition) is 1. The van der Waals surface area contributed by atoms with E-state index in [9.17, 15) is 0 Å². The maximum absolute atomic E-state index is 4.49. The van der Waals surface area contributed by atoms with E-state index in [4.69, 9.17) is 0 Å². The third-order valence-corrected chi connectivity index (χ3v) is 3.36. The Labute approximate surface area is 106 Å². The highest BCUT2D eigenvalue weighted by molar-refractivity contribution is 5.38. The third kappa shape index (κ3) is 1.94. The SMILES string of the molecule is CCNc1ccc(C2CCc3cccnc32)nn1. The molecule has 0 amide bonds. The summed E-state index contributed by atoms with van der Waals surface area (Å²) in [6.45, 7) is 2.91. The van der Waals surface area contributed by atoms with Gasteiger partial charge in [0.15, 0.2) is 0 Å². The number of nitrogens with one attached hydrogen (secondary N) is 1. The van der Waals surface area contributed by atoms with E-state index in [-0.39, 0.29) is 0 Å². The molecule has 0 aliphatic heterocycles. The van der Waals surface area contributed by atoms with Crippen molar-refractivity contribution >= 4 is 5.82 Å². The maximum atomic E-state index is 4.49. The van der Waals surface area contributed by atoms with Crippen molar-refractivity contribution in [2.24, 2.45) is 0 Å². The van der Waals surface area contributed by atoms with Crippen molar-refractivity contribution in [1.29, 1.82) is 0 Å². The van der Waals surface area contributed by atoms with Gasteiger partial charge in [-0.05, 0) is 43.5 Å². The lowest BCUT2D eigenvalue weighted by molar-refractivity contribution is 0.726. The van der Waals surface area contributed by atoms with Crippen LogP contribution in [0.1, 0.15) is 36.2 Å². The molecule has 0 bridgehead atoms. The summed E-state index contributed by atoms with van der Waals surface area (Å²) in [6.07, 6.45) is 4.03. The molecule has 0 saturated carbocycles. The van der Waals surface area contributed by atoms with E-state index in [0.29, 0.717) is 5.92 Å². The topological polar surface area (TPSA) is 50.7 Å². The first-order valence-corrected chi connectivity index (χ1v) is 6.39. The molecular weight excluding hydrogens is 224 g/mol. The van der Waals surface area contributed by atoms with Crippen LogP contribution in [0.25, 0.3) is 0 Å². The van der Waals surface area contributed by atoms with E-state index < -0.39 is 0 Å². The average Bonchev–Trinajstić information content (AvgIpc) is 2.84. The predicted octanol–water partition coefficient (Wildman–Crippen LogP) is 2.38. The number of aromatic nitrogens is 3. The van der Waals surface area contributed by atoms with E-state index in [1.807, 2.05) is 25.3 Å². The lowest BCUT2D eigenvalue weighted by Crippen LogP contribution is -2.05. The minimum Gasteiger partial charge on any atom is -0.369 e. The summed E-state index contributed by atoms with van der Waals surface area (Å²) >= 11 is 0. The second-order valence-electron chi connectivity index (χ2n) is 4.51. The van der Waals surface area contributed by atoms with E-state index in [2.05, 4.69) is 32.6 Å². The van der Waals surface area contributed by atoms with Crippen LogP contribution in [0.2, 0.25) is 0 Å².